The molecule has 0 aliphatic rings. The van der Waals surface area contributed by atoms with Crippen molar-refractivity contribution in [3.8, 4) is 6.07 Å². The van der Waals surface area contributed by atoms with Crippen LogP contribution in [0.1, 0.15) is 31.0 Å². The third-order valence-corrected chi connectivity index (χ3v) is 5.41. The average Bonchev–Trinajstić information content (AvgIpc) is 2.87. The molecule has 1 aromatic heterocycles. The van der Waals surface area contributed by atoms with E-state index in [2.05, 4.69) is 9.71 Å². The largest absolute Gasteiger partial charge is 0.265 e. The Hall–Kier alpha value is -1.62. The van der Waals surface area contributed by atoms with Gasteiger partial charge in [0.15, 0.2) is 5.13 Å². The first-order valence-electron chi connectivity index (χ1n) is 6.01. The number of rotatable bonds is 4. The topological polar surface area (TPSA) is 82.9 Å². The maximum absolute atomic E-state index is 12.3. The fourth-order valence-corrected chi connectivity index (χ4v) is 4.20. The van der Waals surface area contributed by atoms with Gasteiger partial charge in [-0.25, -0.2) is 13.4 Å². The van der Waals surface area contributed by atoms with Gasteiger partial charge in [-0.15, -0.1) is 11.3 Å². The summed E-state index contributed by atoms with van der Waals surface area (Å²) in [6.45, 7) is 3.95. The highest BCUT2D eigenvalue weighted by atomic mass is 35.5. The monoisotopic (exact) mass is 341 g/mol. The van der Waals surface area contributed by atoms with Crippen LogP contribution in [0.5, 0.6) is 0 Å². The van der Waals surface area contributed by atoms with Crippen molar-refractivity contribution in [1.82, 2.24) is 4.98 Å². The number of benzene rings is 1. The summed E-state index contributed by atoms with van der Waals surface area (Å²) in [7, 11) is -3.87. The molecule has 0 radical (unpaired) electrons. The predicted molar refractivity (Wildman–Crippen MR) is 83.2 cm³/mol. The SMILES string of the molecule is CC(C)c1csc(NS(=O)(=O)c2cc(C#N)ccc2Cl)n1. The molecular formula is C13H12ClN3O2S2. The number of aromatic nitrogens is 1. The molecule has 0 aliphatic carbocycles. The standard InChI is InChI=1S/C13H12ClN3O2S2/c1-8(2)11-7-20-13(16-11)17-21(18,19)12-5-9(6-15)3-4-10(12)14/h3-5,7-8H,1-2H3,(H,16,17). The molecule has 0 saturated heterocycles. The van der Waals surface area contributed by atoms with Crippen LogP contribution >= 0.6 is 22.9 Å². The van der Waals surface area contributed by atoms with E-state index in [0.717, 1.165) is 5.69 Å². The van der Waals surface area contributed by atoms with Gasteiger partial charge in [0.25, 0.3) is 10.0 Å². The molecule has 0 fully saturated rings. The van der Waals surface area contributed by atoms with Crippen LogP contribution in [-0.2, 0) is 10.0 Å². The third-order valence-electron chi connectivity index (χ3n) is 2.68. The van der Waals surface area contributed by atoms with E-state index in [1.807, 2.05) is 19.9 Å². The first-order valence-corrected chi connectivity index (χ1v) is 8.75. The number of nitrogens with zero attached hydrogens (tertiary/aromatic N) is 2. The number of halogens is 1. The van der Waals surface area contributed by atoms with Crippen molar-refractivity contribution < 1.29 is 8.42 Å². The number of hydrogen-bond acceptors (Lipinski definition) is 5. The second kappa shape index (κ2) is 6.02. The van der Waals surface area contributed by atoms with Gasteiger partial charge in [0, 0.05) is 5.38 Å². The van der Waals surface area contributed by atoms with E-state index < -0.39 is 10.0 Å². The van der Waals surface area contributed by atoms with Crippen molar-refractivity contribution >= 4 is 38.1 Å². The van der Waals surface area contributed by atoms with Crippen LogP contribution in [0.15, 0.2) is 28.5 Å². The highest BCUT2D eigenvalue weighted by molar-refractivity contribution is 7.93. The molecule has 21 heavy (non-hydrogen) atoms. The molecule has 110 valence electrons. The van der Waals surface area contributed by atoms with Crippen molar-refractivity contribution in [1.29, 1.82) is 5.26 Å². The fourth-order valence-electron chi connectivity index (χ4n) is 1.55. The summed E-state index contributed by atoms with van der Waals surface area (Å²) in [5.74, 6) is 0.213. The lowest BCUT2D eigenvalue weighted by atomic mass is 10.2. The zero-order chi connectivity index (χ0) is 15.6. The predicted octanol–water partition coefficient (Wildman–Crippen LogP) is 3.59. The van der Waals surface area contributed by atoms with Gasteiger partial charge < -0.3 is 0 Å². The first-order chi connectivity index (χ1) is 9.83. The Kier molecular flexibility index (Phi) is 4.52. The van der Waals surface area contributed by atoms with Gasteiger partial charge in [0.1, 0.15) is 4.90 Å². The third kappa shape index (κ3) is 3.53. The van der Waals surface area contributed by atoms with Crippen molar-refractivity contribution in [2.24, 2.45) is 0 Å². The van der Waals surface area contributed by atoms with Crippen LogP contribution in [0, 0.1) is 11.3 Å². The molecule has 0 aliphatic heterocycles. The van der Waals surface area contributed by atoms with E-state index in [9.17, 15) is 8.42 Å². The second-order valence-corrected chi connectivity index (χ2v) is 7.51. The number of anilines is 1. The fraction of sp³-hybridized carbons (Fsp3) is 0.231. The quantitative estimate of drug-likeness (QED) is 0.921. The van der Waals surface area contributed by atoms with Crippen LogP contribution in [0.2, 0.25) is 5.02 Å². The van der Waals surface area contributed by atoms with E-state index in [4.69, 9.17) is 16.9 Å². The Balaban J connectivity index is 2.36. The Bertz CT molecular complexity index is 807. The summed E-state index contributed by atoms with van der Waals surface area (Å²) in [6, 6.07) is 5.97. The van der Waals surface area contributed by atoms with Crippen LogP contribution in [0.3, 0.4) is 0 Å². The average molecular weight is 342 g/mol. The molecule has 8 heteroatoms. The van der Waals surface area contributed by atoms with Gasteiger partial charge in [-0.1, -0.05) is 25.4 Å². The maximum Gasteiger partial charge on any atom is 0.265 e. The normalized spacial score (nSPS) is 11.4. The van der Waals surface area contributed by atoms with E-state index in [1.165, 1.54) is 29.5 Å². The molecule has 0 bridgehead atoms. The van der Waals surface area contributed by atoms with Crippen LogP contribution in [0.4, 0.5) is 5.13 Å². The molecule has 1 heterocycles. The minimum absolute atomic E-state index is 0.0575. The molecule has 0 spiro atoms. The number of nitriles is 1. The Morgan fingerprint density at radius 1 is 1.43 bits per heavy atom. The molecule has 5 nitrogen and oxygen atoms in total. The summed E-state index contributed by atoms with van der Waals surface area (Å²) in [5.41, 5.74) is 1.04. The zero-order valence-electron chi connectivity index (χ0n) is 11.3. The molecule has 1 N–H and O–H groups in total. The molecule has 0 unspecified atom stereocenters. The maximum atomic E-state index is 12.3. The lowest BCUT2D eigenvalue weighted by molar-refractivity contribution is 0.601. The van der Waals surface area contributed by atoms with E-state index in [1.54, 1.807) is 5.38 Å². The first kappa shape index (κ1) is 15.8. The lowest BCUT2D eigenvalue weighted by Gasteiger charge is -2.07. The van der Waals surface area contributed by atoms with Gasteiger partial charge in [-0.3, -0.25) is 4.72 Å². The highest BCUT2D eigenvalue weighted by Gasteiger charge is 2.20. The van der Waals surface area contributed by atoms with E-state index >= 15 is 0 Å². The van der Waals surface area contributed by atoms with Gasteiger partial charge in [0.2, 0.25) is 0 Å². The molecular weight excluding hydrogens is 330 g/mol. The zero-order valence-corrected chi connectivity index (χ0v) is 13.7. The Labute approximate surface area is 132 Å². The Morgan fingerprint density at radius 2 is 2.14 bits per heavy atom. The number of nitrogens with one attached hydrogen (secondary N) is 1. The van der Waals surface area contributed by atoms with Gasteiger partial charge >= 0.3 is 0 Å². The summed E-state index contributed by atoms with van der Waals surface area (Å²) in [5, 5.41) is 11.0. The number of thiazole rings is 1. The highest BCUT2D eigenvalue weighted by Crippen LogP contribution is 2.27. The lowest BCUT2D eigenvalue weighted by Crippen LogP contribution is -2.13. The molecule has 2 aromatic rings. The molecule has 2 rings (SSSR count). The van der Waals surface area contributed by atoms with Gasteiger partial charge in [0.05, 0.1) is 22.3 Å². The minimum atomic E-state index is -3.87. The van der Waals surface area contributed by atoms with E-state index in [-0.39, 0.29) is 26.5 Å². The smallest absolute Gasteiger partial charge is 0.255 e. The Morgan fingerprint density at radius 3 is 2.71 bits per heavy atom. The molecule has 0 atom stereocenters. The molecule has 0 saturated carbocycles. The number of hydrogen-bond donors (Lipinski definition) is 1. The van der Waals surface area contributed by atoms with Gasteiger partial charge in [-0.05, 0) is 24.1 Å². The molecule has 1 aromatic carbocycles. The van der Waals surface area contributed by atoms with Crippen LogP contribution in [0.25, 0.3) is 0 Å². The summed E-state index contributed by atoms with van der Waals surface area (Å²) in [4.78, 5) is 4.08. The summed E-state index contributed by atoms with van der Waals surface area (Å²) >= 11 is 7.12. The summed E-state index contributed by atoms with van der Waals surface area (Å²) < 4.78 is 27.1. The minimum Gasteiger partial charge on any atom is -0.255 e. The van der Waals surface area contributed by atoms with Crippen molar-refractivity contribution in [2.45, 2.75) is 24.7 Å². The van der Waals surface area contributed by atoms with E-state index in [0.29, 0.717) is 0 Å². The van der Waals surface area contributed by atoms with Crippen molar-refractivity contribution in [3.05, 3.63) is 39.9 Å². The number of sulfonamides is 1. The second-order valence-electron chi connectivity index (χ2n) is 4.59. The van der Waals surface area contributed by atoms with Crippen molar-refractivity contribution in [3.63, 3.8) is 0 Å². The van der Waals surface area contributed by atoms with Crippen LogP contribution < -0.4 is 4.72 Å². The van der Waals surface area contributed by atoms with Crippen molar-refractivity contribution in [2.75, 3.05) is 4.72 Å². The van der Waals surface area contributed by atoms with Gasteiger partial charge in [-0.2, -0.15) is 5.26 Å². The molecule has 0 amide bonds. The summed E-state index contributed by atoms with van der Waals surface area (Å²) in [6.07, 6.45) is 0. The van der Waals surface area contributed by atoms with Crippen LogP contribution in [-0.4, -0.2) is 13.4 Å².